The second-order valence-corrected chi connectivity index (χ2v) is 6.16. The van der Waals surface area contributed by atoms with Crippen molar-refractivity contribution in [2.45, 2.75) is 39.0 Å². The van der Waals surface area contributed by atoms with Crippen LogP contribution in [0, 0.1) is 6.92 Å². The second-order valence-electron chi connectivity index (χ2n) is 5.21. The fourth-order valence-electron chi connectivity index (χ4n) is 2.71. The first kappa shape index (κ1) is 14.0. The molecule has 0 spiro atoms. The van der Waals surface area contributed by atoms with Crippen LogP contribution in [-0.2, 0) is 4.74 Å². The number of morpholine rings is 1. The monoisotopic (exact) mass is 268 g/mol. The molecule has 0 radical (unpaired) electrons. The van der Waals surface area contributed by atoms with E-state index in [-0.39, 0.29) is 6.10 Å². The smallest absolute Gasteiger partial charge is 0.0904 e. The van der Waals surface area contributed by atoms with E-state index in [1.807, 2.05) is 18.4 Å². The Morgan fingerprint density at radius 1 is 1.56 bits per heavy atom. The highest BCUT2D eigenvalue weighted by Gasteiger charge is 2.35. The van der Waals surface area contributed by atoms with E-state index < -0.39 is 0 Å². The van der Waals surface area contributed by atoms with Crippen LogP contribution in [-0.4, -0.2) is 43.8 Å². The van der Waals surface area contributed by atoms with Gasteiger partial charge in [0.1, 0.15) is 0 Å². The van der Waals surface area contributed by atoms with Crippen LogP contribution in [0.1, 0.15) is 30.3 Å². The van der Waals surface area contributed by atoms with Gasteiger partial charge >= 0.3 is 0 Å². The van der Waals surface area contributed by atoms with Gasteiger partial charge in [-0.25, -0.2) is 0 Å². The van der Waals surface area contributed by atoms with Crippen LogP contribution >= 0.6 is 11.3 Å². The van der Waals surface area contributed by atoms with Gasteiger partial charge in [-0.1, -0.05) is 0 Å². The maximum absolute atomic E-state index is 5.99. The summed E-state index contributed by atoms with van der Waals surface area (Å²) in [5.74, 6) is 0. The molecule has 102 valence electrons. The minimum atomic E-state index is 0.253. The van der Waals surface area contributed by atoms with Crippen molar-refractivity contribution in [2.75, 3.05) is 26.7 Å². The van der Waals surface area contributed by atoms with E-state index in [1.165, 1.54) is 10.4 Å². The standard InChI is InChI=1S/C14H24N2OS/c1-10(2)16-6-7-17-12(9-15-4)13(16)14-11(3)5-8-18-14/h5,8,10,12-13,15H,6-7,9H2,1-4H3. The van der Waals surface area contributed by atoms with Gasteiger partial charge in [-0.15, -0.1) is 11.3 Å². The topological polar surface area (TPSA) is 24.5 Å². The predicted octanol–water partition coefficient (Wildman–Crippen LogP) is 2.43. The molecule has 2 unspecified atom stereocenters. The van der Waals surface area contributed by atoms with Crippen LogP contribution in [0.15, 0.2) is 11.4 Å². The van der Waals surface area contributed by atoms with Crippen molar-refractivity contribution < 1.29 is 4.74 Å². The van der Waals surface area contributed by atoms with Crippen molar-refractivity contribution in [3.8, 4) is 0 Å². The molecule has 0 bridgehead atoms. The summed E-state index contributed by atoms with van der Waals surface area (Å²) in [6.45, 7) is 9.53. The minimum absolute atomic E-state index is 0.253. The number of rotatable bonds is 4. The Kier molecular flexibility index (Phi) is 4.78. The maximum Gasteiger partial charge on any atom is 0.0904 e. The van der Waals surface area contributed by atoms with Gasteiger partial charge in [0.25, 0.3) is 0 Å². The molecule has 1 aliphatic heterocycles. The second kappa shape index (κ2) is 6.15. The lowest BCUT2D eigenvalue weighted by atomic mass is 10.0. The summed E-state index contributed by atoms with van der Waals surface area (Å²) >= 11 is 1.86. The fourth-order valence-corrected chi connectivity index (χ4v) is 3.81. The molecule has 0 saturated carbocycles. The number of aryl methyl sites for hydroxylation is 1. The maximum atomic E-state index is 5.99. The lowest BCUT2D eigenvalue weighted by Gasteiger charge is -2.43. The molecule has 1 aliphatic rings. The molecule has 4 heteroatoms. The van der Waals surface area contributed by atoms with Crippen LogP contribution in [0.4, 0.5) is 0 Å². The molecule has 18 heavy (non-hydrogen) atoms. The van der Waals surface area contributed by atoms with E-state index in [0.29, 0.717) is 12.1 Å². The minimum Gasteiger partial charge on any atom is -0.374 e. The Morgan fingerprint density at radius 3 is 2.89 bits per heavy atom. The molecule has 0 aliphatic carbocycles. The molecule has 0 amide bonds. The van der Waals surface area contributed by atoms with Crippen LogP contribution in [0.25, 0.3) is 0 Å². The van der Waals surface area contributed by atoms with Crippen molar-refractivity contribution >= 4 is 11.3 Å². The van der Waals surface area contributed by atoms with Crippen molar-refractivity contribution in [3.05, 3.63) is 21.9 Å². The van der Waals surface area contributed by atoms with Gasteiger partial charge in [0.15, 0.2) is 0 Å². The van der Waals surface area contributed by atoms with Crippen LogP contribution in [0.5, 0.6) is 0 Å². The van der Waals surface area contributed by atoms with Crippen molar-refractivity contribution in [2.24, 2.45) is 0 Å². The van der Waals surface area contributed by atoms with Gasteiger partial charge in [-0.3, -0.25) is 4.90 Å². The Labute approximate surface area is 114 Å². The number of ether oxygens (including phenoxy) is 1. The van der Waals surface area contributed by atoms with E-state index in [0.717, 1.165) is 19.7 Å². The van der Waals surface area contributed by atoms with Crippen LogP contribution < -0.4 is 5.32 Å². The third kappa shape index (κ3) is 2.77. The van der Waals surface area contributed by atoms with Gasteiger partial charge in [0, 0.05) is 24.0 Å². The third-order valence-corrected chi connectivity index (χ3v) is 4.72. The van der Waals surface area contributed by atoms with Gasteiger partial charge in [-0.05, 0) is 44.8 Å². The summed E-state index contributed by atoms with van der Waals surface area (Å²) < 4.78 is 5.99. The molecule has 2 rings (SSSR count). The Bertz CT molecular complexity index is 376. The fraction of sp³-hybridized carbons (Fsp3) is 0.714. The molecular formula is C14H24N2OS. The van der Waals surface area contributed by atoms with Crippen molar-refractivity contribution in [1.29, 1.82) is 0 Å². The number of nitrogens with one attached hydrogen (secondary N) is 1. The van der Waals surface area contributed by atoms with E-state index in [1.54, 1.807) is 0 Å². The quantitative estimate of drug-likeness (QED) is 0.907. The highest BCUT2D eigenvalue weighted by atomic mass is 32.1. The number of likely N-dealkylation sites (N-methyl/N-ethyl adjacent to an activating group) is 1. The average molecular weight is 268 g/mol. The molecule has 1 fully saturated rings. The highest BCUT2D eigenvalue weighted by molar-refractivity contribution is 7.10. The van der Waals surface area contributed by atoms with E-state index >= 15 is 0 Å². The lowest BCUT2D eigenvalue weighted by molar-refractivity contribution is -0.0805. The number of hydrogen-bond donors (Lipinski definition) is 1. The normalized spacial score (nSPS) is 25.8. The first-order chi connectivity index (χ1) is 8.65. The van der Waals surface area contributed by atoms with Crippen LogP contribution in [0.2, 0.25) is 0 Å². The zero-order valence-electron chi connectivity index (χ0n) is 11.8. The molecule has 1 aromatic rings. The van der Waals surface area contributed by atoms with E-state index in [2.05, 4.69) is 42.4 Å². The summed E-state index contributed by atoms with van der Waals surface area (Å²) in [5, 5.41) is 5.45. The molecule has 2 heterocycles. The zero-order valence-corrected chi connectivity index (χ0v) is 12.6. The molecule has 1 aromatic heterocycles. The van der Waals surface area contributed by atoms with Gasteiger partial charge in [0.2, 0.25) is 0 Å². The molecule has 0 aromatic carbocycles. The zero-order chi connectivity index (χ0) is 13.1. The molecule has 3 nitrogen and oxygen atoms in total. The van der Waals surface area contributed by atoms with E-state index in [4.69, 9.17) is 4.74 Å². The number of thiophene rings is 1. The Morgan fingerprint density at radius 2 is 2.33 bits per heavy atom. The Balaban J connectivity index is 2.29. The lowest BCUT2D eigenvalue weighted by Crippen LogP contribution is -2.51. The SMILES string of the molecule is CNCC1OCCN(C(C)C)C1c1sccc1C. The first-order valence-electron chi connectivity index (χ1n) is 6.71. The van der Waals surface area contributed by atoms with Gasteiger partial charge in [0.05, 0.1) is 18.8 Å². The summed E-state index contributed by atoms with van der Waals surface area (Å²) in [6, 6.07) is 3.16. The number of hydrogen-bond acceptors (Lipinski definition) is 4. The van der Waals surface area contributed by atoms with Crippen molar-refractivity contribution in [1.82, 2.24) is 10.2 Å². The predicted molar refractivity (Wildman–Crippen MR) is 77.3 cm³/mol. The average Bonchev–Trinajstić information content (AvgIpc) is 2.75. The van der Waals surface area contributed by atoms with Gasteiger partial charge in [-0.2, -0.15) is 0 Å². The largest absolute Gasteiger partial charge is 0.374 e. The van der Waals surface area contributed by atoms with Gasteiger partial charge < -0.3 is 10.1 Å². The van der Waals surface area contributed by atoms with Crippen LogP contribution in [0.3, 0.4) is 0 Å². The first-order valence-corrected chi connectivity index (χ1v) is 7.59. The Hall–Kier alpha value is -0.420. The van der Waals surface area contributed by atoms with Crippen molar-refractivity contribution in [3.63, 3.8) is 0 Å². The molecule has 2 atom stereocenters. The molecule has 1 saturated heterocycles. The summed E-state index contributed by atoms with van der Waals surface area (Å²) in [5.41, 5.74) is 1.39. The van der Waals surface area contributed by atoms with E-state index in [9.17, 15) is 0 Å². The number of nitrogens with zero attached hydrogens (tertiary/aromatic N) is 1. The summed E-state index contributed by atoms with van der Waals surface area (Å²) in [7, 11) is 2.00. The summed E-state index contributed by atoms with van der Waals surface area (Å²) in [6.07, 6.45) is 0.253. The summed E-state index contributed by atoms with van der Waals surface area (Å²) in [4.78, 5) is 4.04. The third-order valence-electron chi connectivity index (χ3n) is 3.63. The molecule has 1 N–H and O–H groups in total. The highest BCUT2D eigenvalue weighted by Crippen LogP contribution is 2.35. The molecular weight excluding hydrogens is 244 g/mol.